The summed E-state index contributed by atoms with van der Waals surface area (Å²) in [6.07, 6.45) is 2.55. The van der Waals surface area contributed by atoms with Gasteiger partial charge in [-0.05, 0) is 42.5 Å². The van der Waals surface area contributed by atoms with Gasteiger partial charge in [0.1, 0.15) is 11.8 Å². The highest BCUT2D eigenvalue weighted by atomic mass is 32.2. The number of likely N-dealkylation sites (tertiary alicyclic amines) is 1. The lowest BCUT2D eigenvalue weighted by Gasteiger charge is -2.22. The van der Waals surface area contributed by atoms with Crippen molar-refractivity contribution in [1.29, 1.82) is 0 Å². The number of thioether (sulfide) groups is 1. The van der Waals surface area contributed by atoms with Crippen molar-refractivity contribution in [2.75, 3.05) is 27.0 Å². The Bertz CT molecular complexity index is 856. The fourth-order valence-corrected chi connectivity index (χ4v) is 4.03. The molecule has 1 N–H and O–H groups in total. The van der Waals surface area contributed by atoms with Gasteiger partial charge in [0, 0.05) is 24.0 Å². The van der Waals surface area contributed by atoms with Crippen LogP contribution in [-0.2, 0) is 16.1 Å². The molecule has 0 radical (unpaired) electrons. The topological polar surface area (TPSA) is 67.9 Å². The van der Waals surface area contributed by atoms with E-state index in [4.69, 9.17) is 9.47 Å². The zero-order valence-electron chi connectivity index (χ0n) is 16.9. The average Bonchev–Trinajstić information content (AvgIpc) is 3.15. The maximum absolute atomic E-state index is 12.7. The Kier molecular flexibility index (Phi) is 7.17. The fraction of sp³-hybridized carbons (Fsp3) is 0.364. The third-order valence-electron chi connectivity index (χ3n) is 5.11. The fourth-order valence-electron chi connectivity index (χ4n) is 3.62. The van der Waals surface area contributed by atoms with Gasteiger partial charge in [-0.25, -0.2) is 0 Å². The number of esters is 1. The zero-order chi connectivity index (χ0) is 20.8. The Morgan fingerprint density at radius 3 is 2.52 bits per heavy atom. The van der Waals surface area contributed by atoms with Crippen LogP contribution in [-0.4, -0.2) is 55.9 Å². The van der Waals surface area contributed by atoms with E-state index in [1.165, 1.54) is 12.0 Å². The Labute approximate surface area is 175 Å². The largest absolute Gasteiger partial charge is 0.496 e. The van der Waals surface area contributed by atoms with Crippen molar-refractivity contribution < 1.29 is 19.1 Å². The highest BCUT2D eigenvalue weighted by molar-refractivity contribution is 7.98. The van der Waals surface area contributed by atoms with Gasteiger partial charge in [-0.3, -0.25) is 14.5 Å². The number of carbonyl (C=O) groups is 2. The molecule has 0 aromatic heterocycles. The van der Waals surface area contributed by atoms with E-state index in [2.05, 4.69) is 34.5 Å². The molecule has 29 heavy (non-hydrogen) atoms. The molecule has 6 nitrogen and oxygen atoms in total. The van der Waals surface area contributed by atoms with Crippen LogP contribution in [0.5, 0.6) is 5.75 Å². The van der Waals surface area contributed by atoms with Crippen LogP contribution in [0.1, 0.15) is 22.3 Å². The van der Waals surface area contributed by atoms with Gasteiger partial charge < -0.3 is 14.8 Å². The van der Waals surface area contributed by atoms with Crippen molar-refractivity contribution in [2.45, 2.75) is 29.9 Å². The number of amides is 1. The summed E-state index contributed by atoms with van der Waals surface area (Å²) in [7, 11) is 2.94. The van der Waals surface area contributed by atoms with Gasteiger partial charge in [-0.15, -0.1) is 11.8 Å². The second-order valence-corrected chi connectivity index (χ2v) is 7.80. The third-order valence-corrected chi connectivity index (χ3v) is 5.85. The molecule has 154 valence electrons. The summed E-state index contributed by atoms with van der Waals surface area (Å²) in [5.74, 6) is 0.0419. The Morgan fingerprint density at radius 2 is 1.86 bits per heavy atom. The van der Waals surface area contributed by atoms with Crippen LogP contribution in [0.15, 0.2) is 53.4 Å². The number of nitrogens with one attached hydrogen (secondary N) is 1. The molecule has 0 unspecified atom stereocenters. The van der Waals surface area contributed by atoms with Crippen LogP contribution in [0, 0.1) is 0 Å². The predicted octanol–water partition coefficient (Wildman–Crippen LogP) is 2.96. The summed E-state index contributed by atoms with van der Waals surface area (Å²) >= 11 is 1.69. The number of ether oxygens (including phenoxy) is 2. The van der Waals surface area contributed by atoms with Crippen LogP contribution < -0.4 is 10.1 Å². The molecule has 2 aromatic carbocycles. The molecule has 7 heteroatoms. The van der Waals surface area contributed by atoms with E-state index in [0.29, 0.717) is 30.8 Å². The third kappa shape index (κ3) is 5.10. The van der Waals surface area contributed by atoms with E-state index in [1.807, 2.05) is 12.3 Å². The summed E-state index contributed by atoms with van der Waals surface area (Å²) in [6.45, 7) is 1.19. The van der Waals surface area contributed by atoms with Crippen LogP contribution in [0.4, 0.5) is 0 Å². The molecule has 2 aromatic rings. The highest BCUT2D eigenvalue weighted by Crippen LogP contribution is 2.24. The van der Waals surface area contributed by atoms with E-state index < -0.39 is 0 Å². The lowest BCUT2D eigenvalue weighted by atomic mass is 10.1. The molecule has 0 aliphatic carbocycles. The first kappa shape index (κ1) is 21.2. The summed E-state index contributed by atoms with van der Waals surface area (Å²) in [5.41, 5.74) is 1.60. The first-order valence-electron chi connectivity index (χ1n) is 9.44. The van der Waals surface area contributed by atoms with Gasteiger partial charge in [0.2, 0.25) is 0 Å². The molecule has 0 saturated carbocycles. The number of hydrogen-bond acceptors (Lipinski definition) is 6. The van der Waals surface area contributed by atoms with Crippen molar-refractivity contribution >= 4 is 23.6 Å². The number of rotatable bonds is 7. The quantitative estimate of drug-likeness (QED) is 0.555. The number of hydrogen-bond donors (Lipinski definition) is 1. The first-order valence-corrected chi connectivity index (χ1v) is 10.7. The molecule has 1 aliphatic heterocycles. The number of nitrogens with zero attached hydrogens (tertiary/aromatic N) is 1. The second kappa shape index (κ2) is 9.80. The smallest absolute Gasteiger partial charge is 0.323 e. The monoisotopic (exact) mass is 414 g/mol. The number of para-hydroxylation sites is 1. The molecule has 1 heterocycles. The van der Waals surface area contributed by atoms with Gasteiger partial charge in [0.15, 0.2) is 0 Å². The van der Waals surface area contributed by atoms with Gasteiger partial charge in [0.25, 0.3) is 5.91 Å². The Morgan fingerprint density at radius 1 is 1.14 bits per heavy atom. The van der Waals surface area contributed by atoms with Crippen molar-refractivity contribution in [1.82, 2.24) is 10.2 Å². The standard InChI is InChI=1S/C22H26N2O4S/c1-27-20-7-5-4-6-18(20)21(25)23-16-12-19(22(26)28-2)24(14-16)13-15-8-10-17(29-3)11-9-15/h4-11,16,19H,12-14H2,1-3H3,(H,23,25)/t16-,19-/m0/s1. The minimum Gasteiger partial charge on any atom is -0.496 e. The summed E-state index contributed by atoms with van der Waals surface area (Å²) in [6, 6.07) is 14.9. The van der Waals surface area contributed by atoms with Crippen molar-refractivity contribution in [3.63, 3.8) is 0 Å². The van der Waals surface area contributed by atoms with E-state index >= 15 is 0 Å². The molecular weight excluding hydrogens is 388 g/mol. The predicted molar refractivity (Wildman–Crippen MR) is 113 cm³/mol. The van der Waals surface area contributed by atoms with Crippen LogP contribution in [0.25, 0.3) is 0 Å². The highest BCUT2D eigenvalue weighted by Gasteiger charge is 2.38. The lowest BCUT2D eigenvalue weighted by Crippen LogP contribution is -2.37. The van der Waals surface area contributed by atoms with Crippen molar-refractivity contribution in [2.24, 2.45) is 0 Å². The first-order chi connectivity index (χ1) is 14.0. The van der Waals surface area contributed by atoms with Crippen molar-refractivity contribution in [3.8, 4) is 5.75 Å². The van der Waals surface area contributed by atoms with E-state index in [-0.39, 0.29) is 24.0 Å². The average molecular weight is 415 g/mol. The van der Waals surface area contributed by atoms with Gasteiger partial charge >= 0.3 is 5.97 Å². The molecule has 0 bridgehead atoms. The molecular formula is C22H26N2O4S. The Balaban J connectivity index is 1.71. The molecule has 0 spiro atoms. The maximum atomic E-state index is 12.7. The van der Waals surface area contributed by atoms with Gasteiger partial charge in [0.05, 0.1) is 19.8 Å². The van der Waals surface area contributed by atoms with E-state index in [0.717, 1.165) is 5.56 Å². The number of benzene rings is 2. The Hall–Kier alpha value is -2.51. The molecule has 2 atom stereocenters. The zero-order valence-corrected chi connectivity index (χ0v) is 17.7. The van der Waals surface area contributed by atoms with Crippen LogP contribution in [0.3, 0.4) is 0 Å². The summed E-state index contributed by atoms with van der Waals surface area (Å²) in [5, 5.41) is 3.04. The maximum Gasteiger partial charge on any atom is 0.323 e. The SMILES string of the molecule is COC(=O)[C@@H]1C[C@H](NC(=O)c2ccccc2OC)CN1Cc1ccc(SC)cc1. The van der Waals surface area contributed by atoms with E-state index in [9.17, 15) is 9.59 Å². The molecule has 1 saturated heterocycles. The minimum absolute atomic E-state index is 0.151. The van der Waals surface area contributed by atoms with Gasteiger partial charge in [-0.2, -0.15) is 0 Å². The van der Waals surface area contributed by atoms with Gasteiger partial charge in [-0.1, -0.05) is 24.3 Å². The molecule has 1 fully saturated rings. The van der Waals surface area contributed by atoms with Crippen LogP contribution in [0.2, 0.25) is 0 Å². The van der Waals surface area contributed by atoms with E-state index in [1.54, 1.807) is 37.1 Å². The second-order valence-electron chi connectivity index (χ2n) is 6.92. The number of carbonyl (C=O) groups excluding carboxylic acids is 2. The molecule has 1 amide bonds. The lowest BCUT2D eigenvalue weighted by molar-refractivity contribution is -0.146. The minimum atomic E-state index is -0.386. The molecule has 3 rings (SSSR count). The summed E-state index contributed by atoms with van der Waals surface area (Å²) in [4.78, 5) is 28.3. The number of methoxy groups -OCH3 is 2. The molecule has 1 aliphatic rings. The summed E-state index contributed by atoms with van der Waals surface area (Å²) < 4.78 is 10.3. The normalized spacial score (nSPS) is 19.0. The van der Waals surface area contributed by atoms with Crippen LogP contribution >= 0.6 is 11.8 Å². The van der Waals surface area contributed by atoms with Crippen molar-refractivity contribution in [3.05, 3.63) is 59.7 Å².